The molecule has 1 aliphatic heterocycles. The first-order chi connectivity index (χ1) is 9.01. The topological polar surface area (TPSA) is 52.6 Å². The van der Waals surface area contributed by atoms with Crippen molar-refractivity contribution in [1.82, 2.24) is 10.2 Å². The van der Waals surface area contributed by atoms with Crippen molar-refractivity contribution in [3.63, 3.8) is 0 Å². The minimum absolute atomic E-state index is 0.183. The van der Waals surface area contributed by atoms with E-state index >= 15 is 0 Å². The highest BCUT2D eigenvalue weighted by molar-refractivity contribution is 5.69. The summed E-state index contributed by atoms with van der Waals surface area (Å²) < 4.78 is 0. The molecule has 4 heteroatoms. The monoisotopic (exact) mass is 270 g/mol. The van der Waals surface area contributed by atoms with Crippen molar-refractivity contribution < 1.29 is 9.90 Å². The number of carboxylic acid groups (broad SMARTS) is 1. The van der Waals surface area contributed by atoms with E-state index in [1.807, 2.05) is 0 Å². The van der Waals surface area contributed by atoms with E-state index in [0.717, 1.165) is 19.6 Å². The van der Waals surface area contributed by atoms with E-state index in [2.05, 4.69) is 31.0 Å². The lowest BCUT2D eigenvalue weighted by molar-refractivity contribution is -0.138. The molecule has 1 saturated heterocycles. The molecular weight excluding hydrogens is 240 g/mol. The first-order valence-corrected chi connectivity index (χ1v) is 7.68. The van der Waals surface area contributed by atoms with Crippen LogP contribution in [0.3, 0.4) is 0 Å². The second-order valence-corrected chi connectivity index (χ2v) is 6.33. The van der Waals surface area contributed by atoms with Gasteiger partial charge < -0.3 is 10.4 Å². The van der Waals surface area contributed by atoms with E-state index in [0.29, 0.717) is 17.9 Å². The number of piperidine rings is 1. The van der Waals surface area contributed by atoms with Crippen LogP contribution in [0.25, 0.3) is 0 Å². The number of aliphatic carboxylic acids is 1. The van der Waals surface area contributed by atoms with Gasteiger partial charge in [0.05, 0.1) is 6.54 Å². The van der Waals surface area contributed by atoms with Gasteiger partial charge in [0.25, 0.3) is 0 Å². The summed E-state index contributed by atoms with van der Waals surface area (Å²) in [6, 6.07) is 0.456. The summed E-state index contributed by atoms with van der Waals surface area (Å²) in [7, 11) is 0. The molecule has 0 aromatic heterocycles. The average molecular weight is 270 g/mol. The van der Waals surface area contributed by atoms with Crippen LogP contribution in [0.5, 0.6) is 0 Å². The van der Waals surface area contributed by atoms with Crippen LogP contribution in [0, 0.1) is 11.8 Å². The molecule has 0 radical (unpaired) electrons. The standard InChI is InChI=1S/C15H30N2O2/c1-4-5-6-13-7-14(16-8-12(2)3)10-17(9-13)11-15(18)19/h12-14,16H,4-11H2,1-3H3,(H,18,19). The molecule has 1 rings (SSSR count). The van der Waals surface area contributed by atoms with E-state index in [4.69, 9.17) is 5.11 Å². The normalized spacial score (nSPS) is 24.8. The number of carboxylic acids is 1. The largest absolute Gasteiger partial charge is 0.480 e. The van der Waals surface area contributed by atoms with Gasteiger partial charge in [0.1, 0.15) is 0 Å². The highest BCUT2D eigenvalue weighted by Gasteiger charge is 2.27. The molecule has 1 aliphatic rings. The van der Waals surface area contributed by atoms with E-state index in [9.17, 15) is 4.79 Å². The average Bonchev–Trinajstić information content (AvgIpc) is 2.33. The van der Waals surface area contributed by atoms with Crippen LogP contribution in [-0.2, 0) is 4.79 Å². The molecule has 1 fully saturated rings. The molecule has 0 aliphatic carbocycles. The number of unbranched alkanes of at least 4 members (excludes halogenated alkanes) is 1. The predicted molar refractivity (Wildman–Crippen MR) is 78.3 cm³/mol. The Balaban J connectivity index is 2.47. The quantitative estimate of drug-likeness (QED) is 0.710. The van der Waals surface area contributed by atoms with Crippen molar-refractivity contribution in [3.8, 4) is 0 Å². The molecule has 0 aromatic rings. The molecule has 2 unspecified atom stereocenters. The SMILES string of the molecule is CCCCC1CC(NCC(C)C)CN(CC(=O)O)C1. The van der Waals surface area contributed by atoms with E-state index < -0.39 is 5.97 Å². The van der Waals surface area contributed by atoms with Crippen molar-refractivity contribution in [3.05, 3.63) is 0 Å². The zero-order chi connectivity index (χ0) is 14.3. The van der Waals surface area contributed by atoms with Gasteiger partial charge in [-0.2, -0.15) is 0 Å². The van der Waals surface area contributed by atoms with Gasteiger partial charge in [0.15, 0.2) is 0 Å². The minimum Gasteiger partial charge on any atom is -0.480 e. The lowest BCUT2D eigenvalue weighted by Gasteiger charge is -2.38. The number of nitrogens with one attached hydrogen (secondary N) is 1. The molecule has 4 nitrogen and oxygen atoms in total. The Morgan fingerprint density at radius 3 is 2.74 bits per heavy atom. The lowest BCUT2D eigenvalue weighted by Crippen LogP contribution is -2.51. The summed E-state index contributed by atoms with van der Waals surface area (Å²) in [5.74, 6) is 0.584. The Morgan fingerprint density at radius 1 is 1.42 bits per heavy atom. The van der Waals surface area contributed by atoms with Crippen LogP contribution in [0.2, 0.25) is 0 Å². The fraction of sp³-hybridized carbons (Fsp3) is 0.933. The van der Waals surface area contributed by atoms with Gasteiger partial charge in [-0.25, -0.2) is 0 Å². The second kappa shape index (κ2) is 8.54. The van der Waals surface area contributed by atoms with Crippen molar-refractivity contribution in [1.29, 1.82) is 0 Å². The molecule has 2 N–H and O–H groups in total. The Hall–Kier alpha value is -0.610. The first kappa shape index (κ1) is 16.4. The minimum atomic E-state index is -0.709. The fourth-order valence-corrected chi connectivity index (χ4v) is 2.88. The lowest BCUT2D eigenvalue weighted by atomic mass is 9.89. The third kappa shape index (κ3) is 6.92. The summed E-state index contributed by atoms with van der Waals surface area (Å²) in [5, 5.41) is 12.6. The Labute approximate surface area is 117 Å². The number of rotatable bonds is 8. The maximum atomic E-state index is 10.9. The smallest absolute Gasteiger partial charge is 0.317 e. The zero-order valence-corrected chi connectivity index (χ0v) is 12.7. The molecule has 0 saturated carbocycles. The van der Waals surface area contributed by atoms with E-state index in [-0.39, 0.29) is 6.54 Å². The third-order valence-electron chi connectivity index (χ3n) is 3.75. The molecular formula is C15H30N2O2. The Morgan fingerprint density at radius 2 is 2.16 bits per heavy atom. The molecule has 0 aromatic carbocycles. The number of nitrogens with zero attached hydrogens (tertiary/aromatic N) is 1. The van der Waals surface area contributed by atoms with Crippen LogP contribution in [0.4, 0.5) is 0 Å². The van der Waals surface area contributed by atoms with Gasteiger partial charge in [-0.05, 0) is 31.2 Å². The molecule has 0 bridgehead atoms. The van der Waals surface area contributed by atoms with Crippen LogP contribution >= 0.6 is 0 Å². The molecule has 2 atom stereocenters. The third-order valence-corrected chi connectivity index (χ3v) is 3.75. The second-order valence-electron chi connectivity index (χ2n) is 6.33. The number of carbonyl (C=O) groups is 1. The fourth-order valence-electron chi connectivity index (χ4n) is 2.88. The van der Waals surface area contributed by atoms with E-state index in [1.54, 1.807) is 0 Å². The van der Waals surface area contributed by atoms with Crippen LogP contribution in [0.15, 0.2) is 0 Å². The first-order valence-electron chi connectivity index (χ1n) is 7.68. The molecule has 0 spiro atoms. The molecule has 1 heterocycles. The highest BCUT2D eigenvalue weighted by atomic mass is 16.4. The summed E-state index contributed by atoms with van der Waals surface area (Å²) in [5.41, 5.74) is 0. The van der Waals surface area contributed by atoms with Crippen molar-refractivity contribution in [2.45, 2.75) is 52.5 Å². The Kier molecular flexibility index (Phi) is 7.39. The van der Waals surface area contributed by atoms with Crippen molar-refractivity contribution in [2.24, 2.45) is 11.8 Å². The zero-order valence-electron chi connectivity index (χ0n) is 12.7. The molecule has 112 valence electrons. The van der Waals surface area contributed by atoms with Crippen molar-refractivity contribution >= 4 is 5.97 Å². The summed E-state index contributed by atoms with van der Waals surface area (Å²) in [6.07, 6.45) is 4.90. The number of hydrogen-bond acceptors (Lipinski definition) is 3. The molecule has 19 heavy (non-hydrogen) atoms. The van der Waals surface area contributed by atoms with Gasteiger partial charge in [-0.3, -0.25) is 9.69 Å². The van der Waals surface area contributed by atoms with Crippen LogP contribution < -0.4 is 5.32 Å². The van der Waals surface area contributed by atoms with Crippen LogP contribution in [0.1, 0.15) is 46.5 Å². The number of hydrogen-bond donors (Lipinski definition) is 2. The van der Waals surface area contributed by atoms with Crippen molar-refractivity contribution in [2.75, 3.05) is 26.2 Å². The summed E-state index contributed by atoms with van der Waals surface area (Å²) in [6.45, 7) is 9.66. The van der Waals surface area contributed by atoms with E-state index in [1.165, 1.54) is 25.7 Å². The van der Waals surface area contributed by atoms with Gasteiger partial charge in [0.2, 0.25) is 0 Å². The van der Waals surface area contributed by atoms with Gasteiger partial charge in [0, 0.05) is 19.1 Å². The maximum absolute atomic E-state index is 10.9. The van der Waals surface area contributed by atoms with Gasteiger partial charge >= 0.3 is 5.97 Å². The number of likely N-dealkylation sites (tertiary alicyclic amines) is 1. The predicted octanol–water partition coefficient (Wildman–Crippen LogP) is 2.20. The summed E-state index contributed by atoms with van der Waals surface area (Å²) in [4.78, 5) is 13.0. The highest BCUT2D eigenvalue weighted by Crippen LogP contribution is 2.22. The van der Waals surface area contributed by atoms with Gasteiger partial charge in [-0.15, -0.1) is 0 Å². The van der Waals surface area contributed by atoms with Crippen LogP contribution in [-0.4, -0.2) is 48.2 Å². The van der Waals surface area contributed by atoms with Gasteiger partial charge in [-0.1, -0.05) is 33.6 Å². The molecule has 0 amide bonds. The Bertz CT molecular complexity index is 269. The summed E-state index contributed by atoms with van der Waals surface area (Å²) >= 11 is 0. The maximum Gasteiger partial charge on any atom is 0.317 e.